The largest absolute Gasteiger partial charge is 0.493 e. The molecule has 1 N–H and O–H groups in total. The van der Waals surface area contributed by atoms with Gasteiger partial charge in [-0.3, -0.25) is 4.79 Å². The molecule has 11 heteroatoms. The summed E-state index contributed by atoms with van der Waals surface area (Å²) in [4.78, 5) is 25.4. The fourth-order valence-corrected chi connectivity index (χ4v) is 4.84. The Balaban J connectivity index is 1.77. The minimum absolute atomic E-state index is 0.175. The maximum Gasteiger partial charge on any atom is 0.343 e. The lowest BCUT2D eigenvalue weighted by atomic mass is 10.1. The molecule has 0 fully saturated rings. The van der Waals surface area contributed by atoms with E-state index in [1.54, 1.807) is 12.1 Å². The minimum atomic E-state index is -0.673. The number of hydrogen-bond acceptors (Lipinski definition) is 8. The van der Waals surface area contributed by atoms with Crippen molar-refractivity contribution in [2.24, 2.45) is 5.10 Å². The van der Waals surface area contributed by atoms with Crippen molar-refractivity contribution >= 4 is 50.0 Å². The number of esters is 1. The highest BCUT2D eigenvalue weighted by Gasteiger charge is 2.20. The first-order valence-electron chi connectivity index (χ1n) is 11.2. The normalized spacial score (nSPS) is 10.7. The van der Waals surface area contributed by atoms with Gasteiger partial charge in [0.1, 0.15) is 5.75 Å². The number of para-hydroxylation sites is 1. The topological polar surface area (TPSA) is 105 Å². The van der Waals surface area contributed by atoms with Gasteiger partial charge in [-0.1, -0.05) is 34.1 Å². The smallest absolute Gasteiger partial charge is 0.343 e. The first kappa shape index (κ1) is 29.0. The standard InChI is InChI=1S/C27H26Br2N2O7/c1-15-7-6-8-16(2)24(15)37-14-23(32)31-30-13-18-9-19(28)12-20(29)25(18)38-27(33)17-10-21(34-3)26(36-5)22(11-17)35-4/h6-13H,14H2,1-5H3,(H,31,32)/b30-13-. The number of benzene rings is 3. The van der Waals surface area contributed by atoms with Crippen LogP contribution in [-0.4, -0.2) is 46.0 Å². The first-order valence-corrected chi connectivity index (χ1v) is 12.8. The summed E-state index contributed by atoms with van der Waals surface area (Å²) in [7, 11) is 4.37. The van der Waals surface area contributed by atoms with Crippen LogP contribution in [0.15, 0.2) is 56.5 Å². The molecular formula is C27H26Br2N2O7. The maximum absolute atomic E-state index is 13.1. The fourth-order valence-electron chi connectivity index (χ4n) is 3.51. The van der Waals surface area contributed by atoms with Crippen LogP contribution in [0.5, 0.6) is 28.7 Å². The Morgan fingerprint density at radius 1 is 0.895 bits per heavy atom. The first-order chi connectivity index (χ1) is 18.2. The summed E-state index contributed by atoms with van der Waals surface area (Å²) in [5.74, 6) is 0.686. The third kappa shape index (κ3) is 7.05. The number of aryl methyl sites for hydroxylation is 2. The molecule has 0 bridgehead atoms. The fraction of sp³-hybridized carbons (Fsp3) is 0.222. The van der Waals surface area contributed by atoms with E-state index in [0.29, 0.717) is 37.5 Å². The molecule has 9 nitrogen and oxygen atoms in total. The third-order valence-corrected chi connectivity index (χ3v) is 6.33. The molecule has 0 spiro atoms. The van der Waals surface area contributed by atoms with Gasteiger partial charge < -0.3 is 23.7 Å². The number of amides is 1. The Hall–Kier alpha value is -3.57. The van der Waals surface area contributed by atoms with E-state index in [1.807, 2.05) is 32.0 Å². The summed E-state index contributed by atoms with van der Waals surface area (Å²) in [6.45, 7) is 3.60. The summed E-state index contributed by atoms with van der Waals surface area (Å²) < 4.78 is 28.5. The van der Waals surface area contributed by atoms with Crippen LogP contribution in [-0.2, 0) is 4.79 Å². The van der Waals surface area contributed by atoms with Gasteiger partial charge in [-0.25, -0.2) is 10.2 Å². The molecule has 1 amide bonds. The van der Waals surface area contributed by atoms with E-state index in [2.05, 4.69) is 42.4 Å². The van der Waals surface area contributed by atoms with Crippen molar-refractivity contribution in [1.29, 1.82) is 0 Å². The van der Waals surface area contributed by atoms with Crippen LogP contribution in [0.25, 0.3) is 0 Å². The van der Waals surface area contributed by atoms with Crippen LogP contribution in [0.4, 0.5) is 0 Å². The summed E-state index contributed by atoms with van der Waals surface area (Å²) in [5, 5.41) is 4.00. The molecule has 200 valence electrons. The van der Waals surface area contributed by atoms with Gasteiger partial charge in [0, 0.05) is 10.0 Å². The minimum Gasteiger partial charge on any atom is -0.493 e. The zero-order valence-corrected chi connectivity index (χ0v) is 24.6. The monoisotopic (exact) mass is 648 g/mol. The highest BCUT2D eigenvalue weighted by molar-refractivity contribution is 9.11. The van der Waals surface area contributed by atoms with Crippen LogP contribution in [0.3, 0.4) is 0 Å². The molecular weight excluding hydrogens is 624 g/mol. The van der Waals surface area contributed by atoms with E-state index in [1.165, 1.54) is 39.7 Å². The predicted molar refractivity (Wildman–Crippen MR) is 150 cm³/mol. The van der Waals surface area contributed by atoms with E-state index in [4.69, 9.17) is 23.7 Å². The van der Waals surface area contributed by atoms with Gasteiger partial charge in [-0.2, -0.15) is 5.10 Å². The van der Waals surface area contributed by atoms with Gasteiger partial charge in [-0.15, -0.1) is 0 Å². The molecule has 3 aromatic rings. The molecule has 38 heavy (non-hydrogen) atoms. The van der Waals surface area contributed by atoms with Crippen molar-refractivity contribution in [2.75, 3.05) is 27.9 Å². The molecule has 0 aliphatic rings. The average Bonchev–Trinajstić information content (AvgIpc) is 2.89. The van der Waals surface area contributed by atoms with E-state index in [9.17, 15) is 9.59 Å². The number of hydrogen-bond donors (Lipinski definition) is 1. The Kier molecular flexibility index (Phi) is 10.1. The Bertz CT molecular complexity index is 1330. The van der Waals surface area contributed by atoms with Gasteiger partial charge in [0.05, 0.1) is 37.6 Å². The molecule has 0 saturated heterocycles. The Labute approximate surface area is 237 Å². The summed E-state index contributed by atoms with van der Waals surface area (Å²) >= 11 is 6.83. The zero-order chi connectivity index (χ0) is 27.8. The molecule has 0 atom stereocenters. The van der Waals surface area contributed by atoms with E-state index in [0.717, 1.165) is 11.1 Å². The lowest BCUT2D eigenvalue weighted by Gasteiger charge is -2.15. The van der Waals surface area contributed by atoms with Crippen molar-refractivity contribution in [2.45, 2.75) is 13.8 Å². The molecule has 3 aromatic carbocycles. The average molecular weight is 650 g/mol. The molecule has 0 heterocycles. The van der Waals surface area contributed by atoms with Gasteiger partial charge in [0.15, 0.2) is 23.9 Å². The van der Waals surface area contributed by atoms with Gasteiger partial charge >= 0.3 is 5.97 Å². The van der Waals surface area contributed by atoms with Crippen LogP contribution >= 0.6 is 31.9 Å². The van der Waals surface area contributed by atoms with Gasteiger partial charge in [0.25, 0.3) is 5.91 Å². The Morgan fingerprint density at radius 2 is 1.53 bits per heavy atom. The lowest BCUT2D eigenvalue weighted by molar-refractivity contribution is -0.123. The second kappa shape index (κ2) is 13.3. The van der Waals surface area contributed by atoms with Crippen molar-refractivity contribution < 1.29 is 33.3 Å². The molecule has 0 aliphatic heterocycles. The molecule has 0 unspecified atom stereocenters. The van der Waals surface area contributed by atoms with E-state index < -0.39 is 11.9 Å². The lowest BCUT2D eigenvalue weighted by Crippen LogP contribution is -2.25. The van der Waals surface area contributed by atoms with Crippen LogP contribution in [0.2, 0.25) is 0 Å². The quantitative estimate of drug-likeness (QED) is 0.132. The number of halogens is 2. The molecule has 3 rings (SSSR count). The molecule has 0 radical (unpaired) electrons. The van der Waals surface area contributed by atoms with Crippen LogP contribution < -0.4 is 29.1 Å². The number of ether oxygens (including phenoxy) is 5. The van der Waals surface area contributed by atoms with Crippen LogP contribution in [0, 0.1) is 13.8 Å². The highest BCUT2D eigenvalue weighted by Crippen LogP contribution is 2.39. The molecule has 0 aromatic heterocycles. The second-order valence-electron chi connectivity index (χ2n) is 7.91. The second-order valence-corrected chi connectivity index (χ2v) is 9.68. The molecule has 0 saturated carbocycles. The van der Waals surface area contributed by atoms with Gasteiger partial charge in [0.2, 0.25) is 5.75 Å². The van der Waals surface area contributed by atoms with E-state index >= 15 is 0 Å². The summed E-state index contributed by atoms with van der Waals surface area (Å²) in [6.07, 6.45) is 1.37. The number of carbonyl (C=O) groups is 2. The van der Waals surface area contributed by atoms with Crippen molar-refractivity contribution in [3.05, 3.63) is 73.7 Å². The third-order valence-electron chi connectivity index (χ3n) is 5.28. The predicted octanol–water partition coefficient (Wildman–Crippen LogP) is 5.60. The van der Waals surface area contributed by atoms with E-state index in [-0.39, 0.29) is 17.9 Å². The number of nitrogens with one attached hydrogen (secondary N) is 1. The SMILES string of the molecule is COc1cc(C(=O)Oc2c(Br)cc(Br)cc2/C=N\NC(=O)COc2c(C)cccc2C)cc(OC)c1OC. The number of methoxy groups -OCH3 is 3. The number of rotatable bonds is 10. The maximum atomic E-state index is 13.1. The van der Waals surface area contributed by atoms with Crippen molar-refractivity contribution in [3.63, 3.8) is 0 Å². The van der Waals surface area contributed by atoms with Crippen LogP contribution in [0.1, 0.15) is 27.0 Å². The number of carbonyl (C=O) groups excluding carboxylic acids is 2. The van der Waals surface area contributed by atoms with Crippen molar-refractivity contribution in [3.8, 4) is 28.7 Å². The number of nitrogens with zero attached hydrogens (tertiary/aromatic N) is 1. The summed E-state index contributed by atoms with van der Waals surface area (Å²) in [6, 6.07) is 12.1. The highest BCUT2D eigenvalue weighted by atomic mass is 79.9. The van der Waals surface area contributed by atoms with Gasteiger partial charge in [-0.05, 0) is 65.2 Å². The summed E-state index contributed by atoms with van der Waals surface area (Å²) in [5.41, 5.74) is 4.88. The zero-order valence-electron chi connectivity index (χ0n) is 21.4. The Morgan fingerprint density at radius 3 is 2.11 bits per heavy atom. The van der Waals surface area contributed by atoms with Crippen molar-refractivity contribution in [1.82, 2.24) is 5.43 Å². The molecule has 0 aliphatic carbocycles. The number of hydrazone groups is 1.